The Bertz CT molecular complexity index is 999. The minimum Gasteiger partial charge on any atom is -0.414 e. The maximum atomic E-state index is 12.8. The van der Waals surface area contributed by atoms with Crippen molar-refractivity contribution in [1.82, 2.24) is 14.1 Å². The fourth-order valence-electron chi connectivity index (χ4n) is 3.66. The Hall–Kier alpha value is -1.44. The van der Waals surface area contributed by atoms with Gasteiger partial charge in [0.25, 0.3) is 0 Å². The first-order valence-corrected chi connectivity index (χ1v) is 13.2. The Balaban J connectivity index is 1.89. The van der Waals surface area contributed by atoms with Crippen LogP contribution in [0, 0.1) is 0 Å². The molecule has 1 aliphatic rings. The van der Waals surface area contributed by atoms with Gasteiger partial charge in [-0.25, -0.2) is 4.98 Å². The smallest absolute Gasteiger partial charge is 0.318 e. The van der Waals surface area contributed by atoms with Crippen molar-refractivity contribution >= 4 is 31.1 Å². The van der Waals surface area contributed by atoms with Crippen molar-refractivity contribution in [3.8, 4) is 0 Å². The van der Waals surface area contributed by atoms with E-state index in [1.807, 2.05) is 0 Å². The largest absolute Gasteiger partial charge is 0.414 e. The molecule has 0 bridgehead atoms. The van der Waals surface area contributed by atoms with Gasteiger partial charge in [0, 0.05) is 25.4 Å². The molecule has 8 heteroatoms. The van der Waals surface area contributed by atoms with Gasteiger partial charge in [-0.1, -0.05) is 32.4 Å². The van der Waals surface area contributed by atoms with Crippen molar-refractivity contribution in [2.75, 3.05) is 0 Å². The summed E-state index contributed by atoms with van der Waals surface area (Å²) >= 11 is 6.06. The van der Waals surface area contributed by atoms with Gasteiger partial charge < -0.3 is 8.99 Å². The molecule has 2 aromatic heterocycles. The van der Waals surface area contributed by atoms with Gasteiger partial charge >= 0.3 is 11.1 Å². The summed E-state index contributed by atoms with van der Waals surface area (Å²) in [5.74, 6) is 0. The standard InChI is InChI=1S/C20H30ClN3O3Si/c1-20(2,3)28(5,6)27-15-9-7-14(8-10-15)24-17-16(11-13(21)12-22-17)23(4)18(25)19(24)26/h11-12,14-15H,7-10H2,1-6H3/t14-,15-. The van der Waals surface area contributed by atoms with E-state index in [9.17, 15) is 9.59 Å². The SMILES string of the molecule is Cn1c(=O)c(=O)n([C@H]2CC[C@H](O[Si](C)(C)C(C)(C)C)CC2)c2ncc(Cl)cc21. The first-order chi connectivity index (χ1) is 12.9. The number of aromatic nitrogens is 3. The molecule has 0 radical (unpaired) electrons. The van der Waals surface area contributed by atoms with E-state index in [1.54, 1.807) is 17.7 Å². The molecule has 0 aromatic carbocycles. The average Bonchev–Trinajstić information content (AvgIpc) is 2.60. The van der Waals surface area contributed by atoms with Gasteiger partial charge in [-0.2, -0.15) is 0 Å². The van der Waals surface area contributed by atoms with Crippen LogP contribution in [0.3, 0.4) is 0 Å². The maximum Gasteiger partial charge on any atom is 0.318 e. The number of aryl methyl sites for hydroxylation is 1. The lowest BCUT2D eigenvalue weighted by molar-refractivity contribution is 0.118. The third-order valence-corrected chi connectivity index (χ3v) is 11.1. The van der Waals surface area contributed by atoms with Crippen molar-refractivity contribution in [2.24, 2.45) is 7.05 Å². The number of fused-ring (bicyclic) bond motifs is 1. The monoisotopic (exact) mass is 423 g/mol. The van der Waals surface area contributed by atoms with E-state index in [2.05, 4.69) is 38.8 Å². The Kier molecular flexibility index (Phi) is 5.64. The van der Waals surface area contributed by atoms with E-state index in [0.717, 1.165) is 25.7 Å². The van der Waals surface area contributed by atoms with Crippen molar-refractivity contribution < 1.29 is 4.43 Å². The zero-order valence-corrected chi connectivity index (χ0v) is 19.3. The Labute approximate surface area is 171 Å². The minimum absolute atomic E-state index is 0.0446. The number of rotatable bonds is 3. The van der Waals surface area contributed by atoms with E-state index >= 15 is 0 Å². The number of nitrogens with zero attached hydrogens (tertiary/aromatic N) is 3. The van der Waals surface area contributed by atoms with Crippen LogP contribution in [0.15, 0.2) is 21.9 Å². The summed E-state index contributed by atoms with van der Waals surface area (Å²) in [4.78, 5) is 29.6. The molecule has 6 nitrogen and oxygen atoms in total. The summed E-state index contributed by atoms with van der Waals surface area (Å²) in [6, 6.07) is 1.64. The summed E-state index contributed by atoms with van der Waals surface area (Å²) in [6.45, 7) is 11.3. The van der Waals surface area contributed by atoms with Gasteiger partial charge in [0.1, 0.15) is 0 Å². The van der Waals surface area contributed by atoms with Gasteiger partial charge in [-0.15, -0.1) is 0 Å². The fourth-order valence-corrected chi connectivity index (χ4v) is 5.23. The highest BCUT2D eigenvalue weighted by Gasteiger charge is 2.40. The average molecular weight is 424 g/mol. The normalized spacial score (nSPS) is 21.2. The second-order valence-electron chi connectivity index (χ2n) is 9.34. The zero-order valence-electron chi connectivity index (χ0n) is 17.6. The number of pyridine rings is 1. The molecule has 0 saturated heterocycles. The molecule has 0 N–H and O–H groups in total. The number of hydrogen-bond acceptors (Lipinski definition) is 4. The predicted molar refractivity (Wildman–Crippen MR) is 116 cm³/mol. The lowest BCUT2D eigenvalue weighted by Gasteiger charge is -2.41. The van der Waals surface area contributed by atoms with Crippen LogP contribution in [0.5, 0.6) is 0 Å². The molecule has 1 fully saturated rings. The second kappa shape index (κ2) is 7.43. The van der Waals surface area contributed by atoms with Crippen LogP contribution in [-0.4, -0.2) is 28.5 Å². The third kappa shape index (κ3) is 3.84. The first kappa shape index (κ1) is 21.3. The Morgan fingerprint density at radius 1 is 1.14 bits per heavy atom. The van der Waals surface area contributed by atoms with Crippen LogP contribution in [-0.2, 0) is 11.5 Å². The van der Waals surface area contributed by atoms with Crippen molar-refractivity contribution in [3.63, 3.8) is 0 Å². The summed E-state index contributed by atoms with van der Waals surface area (Å²) < 4.78 is 9.47. The Morgan fingerprint density at radius 2 is 1.75 bits per heavy atom. The highest BCUT2D eigenvalue weighted by Crippen LogP contribution is 2.40. The Morgan fingerprint density at radius 3 is 2.32 bits per heavy atom. The third-order valence-electron chi connectivity index (χ3n) is 6.39. The predicted octanol–water partition coefficient (Wildman–Crippen LogP) is 4.25. The summed E-state index contributed by atoms with van der Waals surface area (Å²) in [5.41, 5.74) is 0.0387. The molecular formula is C20H30ClN3O3Si. The molecule has 154 valence electrons. The molecule has 0 unspecified atom stereocenters. The minimum atomic E-state index is -1.82. The molecule has 1 saturated carbocycles. The summed E-state index contributed by atoms with van der Waals surface area (Å²) in [5, 5.41) is 0.616. The van der Waals surface area contributed by atoms with Crippen molar-refractivity contribution in [1.29, 1.82) is 0 Å². The van der Waals surface area contributed by atoms with E-state index < -0.39 is 19.4 Å². The van der Waals surface area contributed by atoms with Gasteiger partial charge in [0.2, 0.25) is 0 Å². The molecular weight excluding hydrogens is 394 g/mol. The van der Waals surface area contributed by atoms with Crippen LogP contribution >= 0.6 is 11.6 Å². The van der Waals surface area contributed by atoms with E-state index in [1.165, 1.54) is 10.8 Å². The van der Waals surface area contributed by atoms with Gasteiger partial charge in [-0.05, 0) is 49.9 Å². The second-order valence-corrected chi connectivity index (χ2v) is 14.5. The lowest BCUT2D eigenvalue weighted by Crippen LogP contribution is -2.46. The van der Waals surface area contributed by atoms with Crippen LogP contribution in [0.2, 0.25) is 23.2 Å². The van der Waals surface area contributed by atoms with Gasteiger partial charge in [0.15, 0.2) is 14.0 Å². The van der Waals surface area contributed by atoms with E-state index in [4.69, 9.17) is 16.0 Å². The number of hydrogen-bond donors (Lipinski definition) is 0. The lowest BCUT2D eigenvalue weighted by atomic mass is 9.93. The summed E-state index contributed by atoms with van der Waals surface area (Å²) in [6.07, 6.45) is 5.10. The van der Waals surface area contributed by atoms with Crippen LogP contribution in [0.4, 0.5) is 0 Å². The maximum absolute atomic E-state index is 12.8. The van der Waals surface area contributed by atoms with E-state index in [0.29, 0.717) is 16.2 Å². The van der Waals surface area contributed by atoms with Crippen LogP contribution in [0.1, 0.15) is 52.5 Å². The highest BCUT2D eigenvalue weighted by molar-refractivity contribution is 6.74. The molecule has 3 rings (SSSR count). The van der Waals surface area contributed by atoms with Crippen molar-refractivity contribution in [2.45, 2.75) is 76.7 Å². The van der Waals surface area contributed by atoms with Crippen LogP contribution in [0.25, 0.3) is 11.2 Å². The quantitative estimate of drug-likeness (QED) is 0.546. The molecule has 2 aromatic rings. The van der Waals surface area contributed by atoms with Gasteiger partial charge in [0.05, 0.1) is 10.5 Å². The summed E-state index contributed by atoms with van der Waals surface area (Å²) in [7, 11) is -0.238. The molecule has 0 spiro atoms. The first-order valence-electron chi connectivity index (χ1n) is 9.87. The molecule has 28 heavy (non-hydrogen) atoms. The number of halogens is 1. The van der Waals surface area contributed by atoms with Crippen molar-refractivity contribution in [3.05, 3.63) is 38.0 Å². The fraction of sp³-hybridized carbons (Fsp3) is 0.650. The molecule has 2 heterocycles. The molecule has 0 atom stereocenters. The zero-order chi connectivity index (χ0) is 20.9. The highest BCUT2D eigenvalue weighted by atomic mass is 35.5. The molecule has 0 amide bonds. The topological polar surface area (TPSA) is 66.1 Å². The van der Waals surface area contributed by atoms with E-state index in [-0.39, 0.29) is 17.2 Å². The van der Waals surface area contributed by atoms with Crippen LogP contribution < -0.4 is 11.1 Å². The van der Waals surface area contributed by atoms with Gasteiger partial charge in [-0.3, -0.25) is 14.2 Å². The molecule has 1 aliphatic carbocycles. The molecule has 0 aliphatic heterocycles.